The molecule has 1 unspecified atom stereocenters. The molecule has 1 aliphatic carbocycles. The van der Waals surface area contributed by atoms with Gasteiger partial charge < -0.3 is 11.1 Å². The van der Waals surface area contributed by atoms with Gasteiger partial charge in [0.25, 0.3) is 0 Å². The Balaban J connectivity index is 1.89. The van der Waals surface area contributed by atoms with Crippen LogP contribution < -0.4 is 5.73 Å². The lowest BCUT2D eigenvalue weighted by Gasteiger charge is -2.44. The fraction of sp³-hybridized carbons (Fsp3) is 0.462. The summed E-state index contributed by atoms with van der Waals surface area (Å²) in [5, 5.41) is 9.29. The molecule has 1 saturated carbocycles. The molecule has 3 heteroatoms. The van der Waals surface area contributed by atoms with Crippen LogP contribution in [-0.4, -0.2) is 10.5 Å². The molecule has 0 bridgehead atoms. The van der Waals surface area contributed by atoms with Gasteiger partial charge >= 0.3 is 0 Å². The minimum absolute atomic E-state index is 0.123. The van der Waals surface area contributed by atoms with Gasteiger partial charge in [-0.2, -0.15) is 0 Å². The summed E-state index contributed by atoms with van der Waals surface area (Å²) in [5.41, 5.74) is 18.6. The number of nitrogens with one attached hydrogen (secondary N) is 1. The SMILES string of the molecule is C#SC1(C(=N)C(CCC)c2cc(C)ccc2C)CCC(N)(c2ccccc2)CC1. The largest absolute Gasteiger partial charge is 0.321 e. The maximum absolute atomic E-state index is 9.29. The van der Waals surface area contributed by atoms with E-state index in [1.807, 2.05) is 6.07 Å². The molecule has 1 fully saturated rings. The molecule has 3 N–H and O–H groups in total. The molecule has 0 amide bonds. The van der Waals surface area contributed by atoms with E-state index in [-0.39, 0.29) is 16.2 Å². The van der Waals surface area contributed by atoms with Gasteiger partial charge in [0, 0.05) is 17.2 Å². The zero-order valence-corrected chi connectivity index (χ0v) is 18.8. The van der Waals surface area contributed by atoms with Crippen molar-refractivity contribution in [2.24, 2.45) is 5.73 Å². The maximum Gasteiger partial charge on any atom is 0.0780 e. The molecular weight excluding hydrogens is 372 g/mol. The van der Waals surface area contributed by atoms with Crippen molar-refractivity contribution < 1.29 is 0 Å². The molecular formula is C26H34N2S. The van der Waals surface area contributed by atoms with Gasteiger partial charge in [0.2, 0.25) is 0 Å². The molecule has 1 aliphatic rings. The van der Waals surface area contributed by atoms with E-state index in [0.717, 1.165) is 44.2 Å². The van der Waals surface area contributed by atoms with Gasteiger partial charge in [-0.15, -0.1) is 16.9 Å². The fourth-order valence-electron chi connectivity index (χ4n) is 4.81. The molecule has 29 heavy (non-hydrogen) atoms. The highest BCUT2D eigenvalue weighted by atomic mass is 32.1. The molecule has 0 saturated heterocycles. The summed E-state index contributed by atoms with van der Waals surface area (Å²) in [4.78, 5) is 0. The summed E-state index contributed by atoms with van der Waals surface area (Å²) >= 11 is 1.38. The zero-order chi connectivity index (χ0) is 21.1. The third kappa shape index (κ3) is 4.33. The number of benzene rings is 2. The number of rotatable bonds is 6. The first kappa shape index (κ1) is 21.8. The number of hydrogen-bond acceptors (Lipinski definition) is 2. The van der Waals surface area contributed by atoms with Crippen molar-refractivity contribution in [2.45, 2.75) is 75.5 Å². The fourth-order valence-corrected chi connectivity index (χ4v) is 5.52. The van der Waals surface area contributed by atoms with E-state index < -0.39 is 0 Å². The third-order valence-electron chi connectivity index (χ3n) is 6.75. The van der Waals surface area contributed by atoms with E-state index in [9.17, 15) is 5.41 Å². The van der Waals surface area contributed by atoms with Gasteiger partial charge in [-0.1, -0.05) is 67.4 Å². The van der Waals surface area contributed by atoms with Crippen LogP contribution in [0.4, 0.5) is 0 Å². The first-order valence-corrected chi connectivity index (χ1v) is 11.6. The Bertz CT molecular complexity index is 902. The Morgan fingerprint density at radius 2 is 1.76 bits per heavy atom. The van der Waals surface area contributed by atoms with E-state index >= 15 is 0 Å². The lowest BCUT2D eigenvalue weighted by atomic mass is 9.68. The first-order valence-electron chi connectivity index (χ1n) is 10.7. The van der Waals surface area contributed by atoms with Gasteiger partial charge in [-0.3, -0.25) is 0 Å². The molecule has 1 atom stereocenters. The summed E-state index contributed by atoms with van der Waals surface area (Å²) in [5.74, 6) is 0.123. The third-order valence-corrected chi connectivity index (χ3v) is 7.83. The van der Waals surface area contributed by atoms with Crippen LogP contribution in [0.1, 0.15) is 73.6 Å². The molecule has 3 rings (SSSR count). The van der Waals surface area contributed by atoms with E-state index in [1.54, 1.807) is 0 Å². The van der Waals surface area contributed by atoms with Gasteiger partial charge in [0.1, 0.15) is 0 Å². The van der Waals surface area contributed by atoms with Crippen LogP contribution in [0.15, 0.2) is 48.5 Å². The van der Waals surface area contributed by atoms with E-state index in [4.69, 9.17) is 11.4 Å². The molecule has 0 aliphatic heterocycles. The van der Waals surface area contributed by atoms with Gasteiger partial charge in [-0.25, -0.2) is 0 Å². The highest BCUT2D eigenvalue weighted by molar-refractivity contribution is 7.90. The molecule has 2 aromatic carbocycles. The molecule has 2 aromatic rings. The average molecular weight is 407 g/mol. The second kappa shape index (κ2) is 8.83. The molecule has 0 radical (unpaired) electrons. The Morgan fingerprint density at radius 1 is 1.10 bits per heavy atom. The minimum Gasteiger partial charge on any atom is -0.321 e. The van der Waals surface area contributed by atoms with Crippen LogP contribution >= 0.6 is 11.2 Å². The minimum atomic E-state index is -0.326. The quantitative estimate of drug-likeness (QED) is 0.515. The van der Waals surface area contributed by atoms with E-state index in [0.29, 0.717) is 0 Å². The molecule has 0 aromatic heterocycles. The van der Waals surface area contributed by atoms with Crippen molar-refractivity contribution in [1.29, 1.82) is 5.41 Å². The normalized spacial score (nSPS) is 25.3. The highest BCUT2D eigenvalue weighted by Gasteiger charge is 2.45. The second-order valence-electron chi connectivity index (χ2n) is 8.75. The summed E-state index contributed by atoms with van der Waals surface area (Å²) in [6.45, 7) is 6.50. The molecule has 154 valence electrons. The van der Waals surface area contributed by atoms with Crippen LogP contribution in [0.2, 0.25) is 0 Å². The first-order chi connectivity index (χ1) is 13.8. The van der Waals surface area contributed by atoms with Crippen molar-refractivity contribution in [1.82, 2.24) is 0 Å². The van der Waals surface area contributed by atoms with Crippen molar-refractivity contribution in [2.75, 3.05) is 0 Å². The highest BCUT2D eigenvalue weighted by Crippen LogP contribution is 2.47. The van der Waals surface area contributed by atoms with Crippen LogP contribution in [0, 0.1) is 24.9 Å². The Morgan fingerprint density at radius 3 is 2.34 bits per heavy atom. The smallest absolute Gasteiger partial charge is 0.0780 e. The van der Waals surface area contributed by atoms with Gasteiger partial charge in [0.05, 0.1) is 4.75 Å². The Labute approximate surface area is 180 Å². The van der Waals surface area contributed by atoms with Crippen LogP contribution in [-0.2, 0) is 5.54 Å². The predicted octanol–water partition coefficient (Wildman–Crippen LogP) is 6.70. The standard InChI is InChI=1S/C26H34N2S/c1-5-9-22(23-18-19(2)12-13-20(23)3)24(27)26(29-4)16-14-25(28,15-17-26)21-10-7-6-8-11-21/h4,6-8,10-13,18,22,27H,5,9,14-17,28H2,1-3H3. The summed E-state index contributed by atoms with van der Waals surface area (Å²) < 4.78 is -0.326. The summed E-state index contributed by atoms with van der Waals surface area (Å²) in [6.07, 6.45) is 5.45. The average Bonchev–Trinajstić information content (AvgIpc) is 2.75. The Kier molecular flexibility index (Phi) is 6.63. The monoisotopic (exact) mass is 406 g/mol. The van der Waals surface area contributed by atoms with Crippen LogP contribution in [0.5, 0.6) is 0 Å². The second-order valence-corrected chi connectivity index (χ2v) is 9.77. The molecule has 0 spiro atoms. The van der Waals surface area contributed by atoms with Crippen molar-refractivity contribution >= 4 is 16.9 Å². The molecule has 2 nitrogen and oxygen atoms in total. The maximum atomic E-state index is 9.29. The van der Waals surface area contributed by atoms with Crippen molar-refractivity contribution in [3.05, 3.63) is 70.8 Å². The summed E-state index contributed by atoms with van der Waals surface area (Å²) in [7, 11) is 0. The Hall–Kier alpha value is -1.93. The number of aryl methyl sites for hydroxylation is 2. The number of nitrogens with two attached hydrogens (primary N) is 1. The topological polar surface area (TPSA) is 49.9 Å². The van der Waals surface area contributed by atoms with Crippen molar-refractivity contribution in [3.8, 4) is 5.69 Å². The molecule has 0 heterocycles. The van der Waals surface area contributed by atoms with E-state index in [1.165, 1.54) is 33.4 Å². The van der Waals surface area contributed by atoms with Crippen LogP contribution in [0.3, 0.4) is 0 Å². The summed E-state index contributed by atoms with van der Waals surface area (Å²) in [6, 6.07) is 17.0. The number of hydrogen-bond donors (Lipinski definition) is 2. The lowest BCUT2D eigenvalue weighted by molar-refractivity contribution is 0.286. The van der Waals surface area contributed by atoms with E-state index in [2.05, 4.69) is 63.2 Å². The lowest BCUT2D eigenvalue weighted by Crippen LogP contribution is -2.48. The van der Waals surface area contributed by atoms with Crippen molar-refractivity contribution in [3.63, 3.8) is 0 Å². The van der Waals surface area contributed by atoms with Gasteiger partial charge in [-0.05, 0) is 62.6 Å². The van der Waals surface area contributed by atoms with Crippen LogP contribution in [0.25, 0.3) is 0 Å². The van der Waals surface area contributed by atoms with Gasteiger partial charge in [0.15, 0.2) is 0 Å². The predicted molar refractivity (Wildman–Crippen MR) is 127 cm³/mol. The zero-order valence-electron chi connectivity index (χ0n) is 18.0.